The minimum Gasteiger partial charge on any atom is -0.361 e. The van der Waals surface area contributed by atoms with E-state index in [2.05, 4.69) is 25.5 Å². The number of aromatic nitrogens is 4. The van der Waals surface area contributed by atoms with Gasteiger partial charge in [-0.1, -0.05) is 6.07 Å². The average molecular weight is 255 g/mol. The van der Waals surface area contributed by atoms with Crippen molar-refractivity contribution in [3.63, 3.8) is 0 Å². The van der Waals surface area contributed by atoms with E-state index in [-0.39, 0.29) is 11.9 Å². The fourth-order valence-corrected chi connectivity index (χ4v) is 1.96. The van der Waals surface area contributed by atoms with Crippen LogP contribution in [0, 0.1) is 0 Å². The number of rotatable bonds is 3. The Balaban J connectivity index is 1.79. The number of aromatic amines is 2. The zero-order chi connectivity index (χ0) is 13.2. The molecule has 1 aromatic carbocycles. The van der Waals surface area contributed by atoms with Crippen LogP contribution in [0.5, 0.6) is 0 Å². The summed E-state index contributed by atoms with van der Waals surface area (Å²) in [6.45, 7) is 1.85. The molecule has 6 heteroatoms. The van der Waals surface area contributed by atoms with E-state index in [0.29, 0.717) is 11.4 Å². The Morgan fingerprint density at radius 2 is 2.26 bits per heavy atom. The predicted molar refractivity (Wildman–Crippen MR) is 70.6 cm³/mol. The number of benzene rings is 1. The molecular weight excluding hydrogens is 242 g/mol. The summed E-state index contributed by atoms with van der Waals surface area (Å²) in [6.07, 6.45) is 3.27. The summed E-state index contributed by atoms with van der Waals surface area (Å²) in [6, 6.07) is 7.30. The number of carbonyl (C=O) groups is 1. The quantitative estimate of drug-likeness (QED) is 0.666. The van der Waals surface area contributed by atoms with Crippen LogP contribution < -0.4 is 5.32 Å². The molecule has 3 aromatic rings. The molecule has 2 heterocycles. The highest BCUT2D eigenvalue weighted by Crippen LogP contribution is 2.15. The van der Waals surface area contributed by atoms with E-state index in [1.54, 1.807) is 6.07 Å². The summed E-state index contributed by atoms with van der Waals surface area (Å²) in [4.78, 5) is 19.2. The first-order chi connectivity index (χ1) is 9.24. The Labute approximate surface area is 109 Å². The lowest BCUT2D eigenvalue weighted by Crippen LogP contribution is -2.27. The maximum Gasteiger partial charge on any atom is 0.251 e. The van der Waals surface area contributed by atoms with E-state index in [1.807, 2.05) is 31.3 Å². The van der Waals surface area contributed by atoms with Crippen LogP contribution in [0.15, 0.2) is 36.8 Å². The zero-order valence-electron chi connectivity index (χ0n) is 10.3. The van der Waals surface area contributed by atoms with Gasteiger partial charge in [-0.15, -0.1) is 0 Å². The van der Waals surface area contributed by atoms with E-state index < -0.39 is 0 Å². The van der Waals surface area contributed by atoms with Gasteiger partial charge < -0.3 is 10.3 Å². The number of fused-ring (bicyclic) bond motifs is 1. The van der Waals surface area contributed by atoms with Gasteiger partial charge in [0.1, 0.15) is 12.2 Å². The van der Waals surface area contributed by atoms with Gasteiger partial charge in [0, 0.05) is 17.3 Å². The second-order valence-electron chi connectivity index (χ2n) is 4.35. The monoisotopic (exact) mass is 255 g/mol. The summed E-state index contributed by atoms with van der Waals surface area (Å²) in [7, 11) is 0. The standard InChI is InChI=1S/C13H13N5O/c1-8(12-15-7-16-18-12)17-13(19)10-3-2-9-4-5-14-11(9)6-10/h2-8,14H,1H3,(H,17,19)(H,15,16,18). The maximum absolute atomic E-state index is 12.1. The minimum absolute atomic E-state index is 0.139. The third-order valence-electron chi connectivity index (χ3n) is 3.01. The molecular formula is C13H13N5O. The van der Waals surface area contributed by atoms with Crippen molar-refractivity contribution in [2.45, 2.75) is 13.0 Å². The first-order valence-electron chi connectivity index (χ1n) is 5.97. The van der Waals surface area contributed by atoms with Crippen LogP contribution >= 0.6 is 0 Å². The molecule has 6 nitrogen and oxygen atoms in total. The number of hydrogen-bond donors (Lipinski definition) is 3. The summed E-state index contributed by atoms with van der Waals surface area (Å²) >= 11 is 0. The van der Waals surface area contributed by atoms with Crippen LogP contribution in [0.2, 0.25) is 0 Å². The normalized spacial score (nSPS) is 12.5. The van der Waals surface area contributed by atoms with Gasteiger partial charge in [0.15, 0.2) is 0 Å². The van der Waals surface area contributed by atoms with Crippen molar-refractivity contribution in [1.82, 2.24) is 25.5 Å². The number of amides is 1. The molecule has 0 saturated heterocycles. The molecule has 0 aliphatic rings. The molecule has 0 radical (unpaired) electrons. The third kappa shape index (κ3) is 2.20. The lowest BCUT2D eigenvalue weighted by molar-refractivity contribution is 0.0938. The van der Waals surface area contributed by atoms with Gasteiger partial charge in [-0.05, 0) is 30.5 Å². The van der Waals surface area contributed by atoms with Crippen molar-refractivity contribution >= 4 is 16.8 Å². The summed E-state index contributed by atoms with van der Waals surface area (Å²) < 4.78 is 0. The van der Waals surface area contributed by atoms with E-state index in [4.69, 9.17) is 0 Å². The van der Waals surface area contributed by atoms with E-state index in [9.17, 15) is 4.79 Å². The van der Waals surface area contributed by atoms with Crippen LogP contribution in [0.4, 0.5) is 0 Å². The van der Waals surface area contributed by atoms with E-state index in [0.717, 1.165) is 10.9 Å². The van der Waals surface area contributed by atoms with Crippen molar-refractivity contribution in [3.8, 4) is 0 Å². The van der Waals surface area contributed by atoms with Crippen molar-refractivity contribution < 1.29 is 4.79 Å². The van der Waals surface area contributed by atoms with Crippen molar-refractivity contribution in [1.29, 1.82) is 0 Å². The molecule has 0 bridgehead atoms. The highest BCUT2D eigenvalue weighted by molar-refractivity contribution is 5.98. The number of H-pyrrole nitrogens is 2. The van der Waals surface area contributed by atoms with Gasteiger partial charge in [-0.3, -0.25) is 9.89 Å². The molecule has 2 aromatic heterocycles. The second kappa shape index (κ2) is 4.56. The first-order valence-corrected chi connectivity index (χ1v) is 5.97. The SMILES string of the molecule is CC(NC(=O)c1ccc2cc[nH]c2c1)c1ncn[nH]1. The van der Waals surface area contributed by atoms with Crippen molar-refractivity contribution in [3.05, 3.63) is 48.2 Å². The molecule has 3 N–H and O–H groups in total. The molecule has 1 amide bonds. The van der Waals surface area contributed by atoms with Gasteiger partial charge in [0.2, 0.25) is 0 Å². The minimum atomic E-state index is -0.214. The van der Waals surface area contributed by atoms with E-state index >= 15 is 0 Å². The lowest BCUT2D eigenvalue weighted by Gasteiger charge is -2.11. The predicted octanol–water partition coefficient (Wildman–Crippen LogP) is 1.78. The fourth-order valence-electron chi connectivity index (χ4n) is 1.96. The Kier molecular flexibility index (Phi) is 2.75. The molecule has 1 unspecified atom stereocenters. The van der Waals surface area contributed by atoms with Crippen molar-refractivity contribution in [2.75, 3.05) is 0 Å². The Morgan fingerprint density at radius 3 is 3.05 bits per heavy atom. The molecule has 3 rings (SSSR count). The van der Waals surface area contributed by atoms with Gasteiger partial charge in [0.05, 0.1) is 6.04 Å². The molecule has 96 valence electrons. The Bertz CT molecular complexity index is 701. The molecule has 19 heavy (non-hydrogen) atoms. The maximum atomic E-state index is 12.1. The summed E-state index contributed by atoms with van der Waals surface area (Å²) in [5, 5.41) is 10.5. The molecule has 0 aliphatic carbocycles. The van der Waals surface area contributed by atoms with Gasteiger partial charge in [-0.25, -0.2) is 4.98 Å². The van der Waals surface area contributed by atoms with Crippen LogP contribution in [0.3, 0.4) is 0 Å². The van der Waals surface area contributed by atoms with Crippen LogP contribution in [0.25, 0.3) is 10.9 Å². The molecule has 0 fully saturated rings. The highest BCUT2D eigenvalue weighted by atomic mass is 16.1. The number of hydrogen-bond acceptors (Lipinski definition) is 3. The van der Waals surface area contributed by atoms with Gasteiger partial charge in [0.25, 0.3) is 5.91 Å². The molecule has 0 spiro atoms. The molecule has 0 saturated carbocycles. The number of nitrogens with one attached hydrogen (secondary N) is 3. The highest BCUT2D eigenvalue weighted by Gasteiger charge is 2.13. The van der Waals surface area contributed by atoms with Crippen LogP contribution in [0.1, 0.15) is 29.1 Å². The van der Waals surface area contributed by atoms with Gasteiger partial charge >= 0.3 is 0 Å². The van der Waals surface area contributed by atoms with Gasteiger partial charge in [-0.2, -0.15) is 5.10 Å². The average Bonchev–Trinajstić information content (AvgIpc) is 3.09. The second-order valence-corrected chi connectivity index (χ2v) is 4.35. The largest absolute Gasteiger partial charge is 0.361 e. The summed E-state index contributed by atoms with van der Waals surface area (Å²) in [5.74, 6) is 0.495. The Morgan fingerprint density at radius 1 is 1.37 bits per heavy atom. The smallest absolute Gasteiger partial charge is 0.251 e. The lowest BCUT2D eigenvalue weighted by atomic mass is 10.1. The zero-order valence-corrected chi connectivity index (χ0v) is 10.3. The summed E-state index contributed by atoms with van der Waals surface area (Å²) in [5.41, 5.74) is 1.56. The fraction of sp³-hybridized carbons (Fsp3) is 0.154. The molecule has 0 aliphatic heterocycles. The number of carbonyl (C=O) groups excluding carboxylic acids is 1. The first kappa shape index (κ1) is 11.5. The third-order valence-corrected chi connectivity index (χ3v) is 3.01. The topological polar surface area (TPSA) is 86.5 Å². The molecule has 1 atom stereocenters. The van der Waals surface area contributed by atoms with Crippen LogP contribution in [-0.4, -0.2) is 26.1 Å². The number of nitrogens with zero attached hydrogens (tertiary/aromatic N) is 2. The Hall–Kier alpha value is -2.63. The van der Waals surface area contributed by atoms with E-state index in [1.165, 1.54) is 6.33 Å². The van der Waals surface area contributed by atoms with Crippen LogP contribution in [-0.2, 0) is 0 Å². The van der Waals surface area contributed by atoms with Crippen molar-refractivity contribution in [2.24, 2.45) is 0 Å².